The van der Waals surface area contributed by atoms with Crippen LogP contribution < -0.4 is 5.32 Å². The van der Waals surface area contributed by atoms with Crippen molar-refractivity contribution in [3.8, 4) is 10.6 Å². The zero-order valence-electron chi connectivity index (χ0n) is 12.9. The van der Waals surface area contributed by atoms with E-state index in [1.165, 1.54) is 29.5 Å². The average Bonchev–Trinajstić information content (AvgIpc) is 3.03. The standard InChI is InChI=1S/C16H12ClN3O3S2/c1-25(22,23)13-9-11(7-8-12(13)17)14(21)18-16-20-19-15(24-16)10-5-3-2-4-6-10/h2-9H,1H3,(H,18,20,21). The van der Waals surface area contributed by atoms with Crippen LogP contribution in [-0.2, 0) is 9.84 Å². The van der Waals surface area contributed by atoms with Gasteiger partial charge in [-0.2, -0.15) is 0 Å². The molecular formula is C16H12ClN3O3S2. The molecule has 0 saturated carbocycles. The van der Waals surface area contributed by atoms with Gasteiger partial charge in [-0.3, -0.25) is 10.1 Å². The van der Waals surface area contributed by atoms with Gasteiger partial charge in [-0.15, -0.1) is 10.2 Å². The molecule has 6 nitrogen and oxygen atoms in total. The second kappa shape index (κ2) is 6.91. The van der Waals surface area contributed by atoms with E-state index < -0.39 is 15.7 Å². The summed E-state index contributed by atoms with van der Waals surface area (Å²) in [4.78, 5) is 12.2. The van der Waals surface area contributed by atoms with E-state index in [0.717, 1.165) is 11.8 Å². The molecule has 0 spiro atoms. The highest BCUT2D eigenvalue weighted by Gasteiger charge is 2.17. The highest BCUT2D eigenvalue weighted by atomic mass is 35.5. The SMILES string of the molecule is CS(=O)(=O)c1cc(C(=O)Nc2nnc(-c3ccccc3)s2)ccc1Cl. The van der Waals surface area contributed by atoms with Crippen molar-refractivity contribution < 1.29 is 13.2 Å². The summed E-state index contributed by atoms with van der Waals surface area (Å²) in [5.74, 6) is -0.489. The van der Waals surface area contributed by atoms with Crippen molar-refractivity contribution in [2.45, 2.75) is 4.90 Å². The summed E-state index contributed by atoms with van der Waals surface area (Å²) in [5.41, 5.74) is 1.06. The first-order valence-electron chi connectivity index (χ1n) is 7.04. The minimum absolute atomic E-state index is 0.0707. The van der Waals surface area contributed by atoms with Crippen molar-refractivity contribution in [1.82, 2.24) is 10.2 Å². The molecule has 0 aliphatic rings. The fourth-order valence-corrected chi connectivity index (χ4v) is 4.11. The molecule has 0 fully saturated rings. The van der Waals surface area contributed by atoms with Crippen LogP contribution in [0.1, 0.15) is 10.4 Å². The lowest BCUT2D eigenvalue weighted by molar-refractivity contribution is 0.102. The van der Waals surface area contributed by atoms with Crippen LogP contribution in [0.15, 0.2) is 53.4 Å². The maximum atomic E-state index is 12.3. The first kappa shape index (κ1) is 17.5. The highest BCUT2D eigenvalue weighted by molar-refractivity contribution is 7.90. The van der Waals surface area contributed by atoms with Crippen LogP contribution in [-0.4, -0.2) is 30.8 Å². The average molecular weight is 394 g/mol. The molecule has 0 saturated heterocycles. The zero-order chi connectivity index (χ0) is 18.0. The van der Waals surface area contributed by atoms with Crippen LogP contribution >= 0.6 is 22.9 Å². The number of benzene rings is 2. The van der Waals surface area contributed by atoms with Crippen molar-refractivity contribution in [2.24, 2.45) is 0 Å². The molecule has 1 aromatic heterocycles. The van der Waals surface area contributed by atoms with Gasteiger partial charge in [0.2, 0.25) is 5.13 Å². The molecule has 1 amide bonds. The van der Waals surface area contributed by atoms with Crippen molar-refractivity contribution in [2.75, 3.05) is 11.6 Å². The molecule has 0 bridgehead atoms. The maximum absolute atomic E-state index is 12.3. The molecule has 1 N–H and O–H groups in total. The molecule has 128 valence electrons. The molecule has 3 rings (SSSR count). The van der Waals surface area contributed by atoms with E-state index in [1.807, 2.05) is 30.3 Å². The van der Waals surface area contributed by atoms with Crippen LogP contribution in [0.3, 0.4) is 0 Å². The minimum Gasteiger partial charge on any atom is -0.296 e. The van der Waals surface area contributed by atoms with Gasteiger partial charge < -0.3 is 0 Å². The van der Waals surface area contributed by atoms with E-state index in [-0.39, 0.29) is 15.5 Å². The number of halogens is 1. The quantitative estimate of drug-likeness (QED) is 0.732. The molecule has 0 radical (unpaired) electrons. The van der Waals surface area contributed by atoms with Crippen LogP contribution in [0.5, 0.6) is 0 Å². The number of nitrogens with zero attached hydrogens (tertiary/aromatic N) is 2. The summed E-state index contributed by atoms with van der Waals surface area (Å²) in [7, 11) is -3.53. The highest BCUT2D eigenvalue weighted by Crippen LogP contribution is 2.27. The Kier molecular flexibility index (Phi) is 4.85. The Morgan fingerprint density at radius 3 is 2.52 bits per heavy atom. The van der Waals surface area contributed by atoms with Gasteiger partial charge in [-0.05, 0) is 18.2 Å². The lowest BCUT2D eigenvalue weighted by Crippen LogP contribution is -2.12. The van der Waals surface area contributed by atoms with Gasteiger partial charge in [-0.1, -0.05) is 53.3 Å². The van der Waals surface area contributed by atoms with Crippen molar-refractivity contribution in [3.63, 3.8) is 0 Å². The van der Waals surface area contributed by atoms with E-state index in [2.05, 4.69) is 15.5 Å². The Labute approximate surface area is 153 Å². The number of carbonyl (C=O) groups is 1. The largest absolute Gasteiger partial charge is 0.296 e. The van der Waals surface area contributed by atoms with Crippen LogP contribution in [0.2, 0.25) is 5.02 Å². The predicted molar refractivity (Wildman–Crippen MR) is 97.9 cm³/mol. The number of amides is 1. The number of anilines is 1. The van der Waals surface area contributed by atoms with E-state index in [4.69, 9.17) is 11.6 Å². The summed E-state index contributed by atoms with van der Waals surface area (Å²) >= 11 is 7.11. The maximum Gasteiger partial charge on any atom is 0.257 e. The summed E-state index contributed by atoms with van der Waals surface area (Å²) in [6, 6.07) is 13.5. The Balaban J connectivity index is 1.83. The number of nitrogens with one attached hydrogen (secondary N) is 1. The van der Waals surface area contributed by atoms with Crippen LogP contribution in [0.25, 0.3) is 10.6 Å². The molecule has 2 aromatic carbocycles. The fourth-order valence-electron chi connectivity index (χ4n) is 2.07. The Hall–Kier alpha value is -2.29. The minimum atomic E-state index is -3.53. The number of hydrogen-bond acceptors (Lipinski definition) is 6. The molecule has 3 aromatic rings. The van der Waals surface area contributed by atoms with Gasteiger partial charge in [-0.25, -0.2) is 8.42 Å². The first-order valence-corrected chi connectivity index (χ1v) is 10.1. The lowest BCUT2D eigenvalue weighted by Gasteiger charge is -2.05. The molecule has 0 aliphatic heterocycles. The third-order valence-corrected chi connectivity index (χ3v) is 5.73. The molecule has 0 aliphatic carbocycles. The van der Waals surface area contributed by atoms with Gasteiger partial charge in [0.15, 0.2) is 9.84 Å². The number of carbonyl (C=O) groups excluding carboxylic acids is 1. The fraction of sp³-hybridized carbons (Fsp3) is 0.0625. The third-order valence-electron chi connectivity index (χ3n) is 3.26. The normalized spacial score (nSPS) is 11.3. The number of aromatic nitrogens is 2. The summed E-state index contributed by atoms with van der Waals surface area (Å²) in [6.45, 7) is 0. The van der Waals surface area contributed by atoms with Gasteiger partial charge in [0.25, 0.3) is 5.91 Å². The van der Waals surface area contributed by atoms with E-state index in [9.17, 15) is 13.2 Å². The first-order chi connectivity index (χ1) is 11.8. The van der Waals surface area contributed by atoms with Gasteiger partial charge in [0.05, 0.1) is 9.92 Å². The van der Waals surface area contributed by atoms with E-state index >= 15 is 0 Å². The smallest absolute Gasteiger partial charge is 0.257 e. The van der Waals surface area contributed by atoms with Gasteiger partial charge in [0, 0.05) is 17.4 Å². The third kappa shape index (κ3) is 4.04. The second-order valence-electron chi connectivity index (χ2n) is 5.15. The Bertz CT molecular complexity index is 1030. The number of hydrogen-bond donors (Lipinski definition) is 1. The van der Waals surface area contributed by atoms with Crippen LogP contribution in [0.4, 0.5) is 5.13 Å². The molecule has 9 heteroatoms. The summed E-state index contributed by atoms with van der Waals surface area (Å²) in [5, 5.41) is 11.7. The second-order valence-corrected chi connectivity index (χ2v) is 8.52. The number of sulfone groups is 1. The zero-order valence-corrected chi connectivity index (χ0v) is 15.3. The van der Waals surface area contributed by atoms with Crippen molar-refractivity contribution >= 4 is 43.8 Å². The molecule has 0 unspecified atom stereocenters. The molecule has 25 heavy (non-hydrogen) atoms. The van der Waals surface area contributed by atoms with Gasteiger partial charge >= 0.3 is 0 Å². The predicted octanol–water partition coefficient (Wildman–Crippen LogP) is 3.51. The Morgan fingerprint density at radius 1 is 1.12 bits per heavy atom. The van der Waals surface area contributed by atoms with E-state index in [0.29, 0.717) is 10.1 Å². The molecular weight excluding hydrogens is 382 g/mol. The number of rotatable bonds is 4. The molecule has 0 atom stereocenters. The Morgan fingerprint density at radius 2 is 1.84 bits per heavy atom. The monoisotopic (exact) mass is 393 g/mol. The van der Waals surface area contributed by atoms with Crippen molar-refractivity contribution in [1.29, 1.82) is 0 Å². The van der Waals surface area contributed by atoms with Crippen LogP contribution in [0, 0.1) is 0 Å². The summed E-state index contributed by atoms with van der Waals surface area (Å²) < 4.78 is 23.4. The summed E-state index contributed by atoms with van der Waals surface area (Å²) in [6.07, 6.45) is 1.03. The van der Waals surface area contributed by atoms with Gasteiger partial charge in [0.1, 0.15) is 5.01 Å². The van der Waals surface area contributed by atoms with E-state index in [1.54, 1.807) is 0 Å². The topological polar surface area (TPSA) is 89.0 Å². The van der Waals surface area contributed by atoms with Crippen molar-refractivity contribution in [3.05, 3.63) is 59.1 Å². The lowest BCUT2D eigenvalue weighted by atomic mass is 10.2. The molecule has 1 heterocycles.